The van der Waals surface area contributed by atoms with Crippen LogP contribution in [0.2, 0.25) is 0 Å². The number of carbonyl (C=O) groups is 1. The Morgan fingerprint density at radius 3 is 2.28 bits per heavy atom. The lowest BCUT2D eigenvalue weighted by Gasteiger charge is -2.40. The van der Waals surface area contributed by atoms with Gasteiger partial charge in [-0.3, -0.25) is 4.79 Å². The second-order valence-electron chi connectivity index (χ2n) is 7.97. The molecular formula is C22H26O2S. The monoisotopic (exact) mass is 354 g/mol. The van der Waals surface area contributed by atoms with Crippen LogP contribution in [-0.2, 0) is 20.9 Å². The summed E-state index contributed by atoms with van der Waals surface area (Å²) in [4.78, 5) is 14.1. The zero-order valence-electron chi connectivity index (χ0n) is 15.6. The van der Waals surface area contributed by atoms with Crippen molar-refractivity contribution in [3.8, 4) is 0 Å². The number of thioether (sulfide) groups is 1. The van der Waals surface area contributed by atoms with E-state index in [0.717, 1.165) is 16.9 Å². The van der Waals surface area contributed by atoms with Crippen LogP contribution in [0.25, 0.3) is 0 Å². The van der Waals surface area contributed by atoms with Gasteiger partial charge in [0.25, 0.3) is 0 Å². The first-order valence-electron chi connectivity index (χ1n) is 8.81. The molecule has 0 spiro atoms. The smallest absolute Gasteiger partial charge is 0.312 e. The average Bonchev–Trinajstić information content (AvgIpc) is 2.70. The lowest BCUT2D eigenvalue weighted by atomic mass is 9.75. The van der Waals surface area contributed by atoms with Crippen molar-refractivity contribution in [2.75, 3.05) is 0 Å². The van der Waals surface area contributed by atoms with Gasteiger partial charge in [0.15, 0.2) is 5.60 Å². The molecule has 132 valence electrons. The highest BCUT2D eigenvalue weighted by Crippen LogP contribution is 2.50. The molecule has 3 heteroatoms. The molecule has 0 saturated heterocycles. The van der Waals surface area contributed by atoms with Crippen LogP contribution in [0.3, 0.4) is 0 Å². The number of benzene rings is 2. The van der Waals surface area contributed by atoms with Gasteiger partial charge in [-0.25, -0.2) is 0 Å². The first-order valence-corrected chi connectivity index (χ1v) is 9.79. The zero-order valence-corrected chi connectivity index (χ0v) is 16.4. The Labute approximate surface area is 155 Å². The molecule has 2 aromatic carbocycles. The van der Waals surface area contributed by atoms with Crippen LogP contribution in [0.5, 0.6) is 0 Å². The number of carbonyl (C=O) groups excluding carboxylic acids is 1. The van der Waals surface area contributed by atoms with Crippen molar-refractivity contribution in [1.29, 1.82) is 0 Å². The van der Waals surface area contributed by atoms with E-state index in [9.17, 15) is 4.79 Å². The van der Waals surface area contributed by atoms with Gasteiger partial charge in [-0.2, -0.15) is 0 Å². The van der Waals surface area contributed by atoms with Crippen molar-refractivity contribution in [2.45, 2.75) is 50.9 Å². The summed E-state index contributed by atoms with van der Waals surface area (Å²) in [6.45, 7) is 10.0. The van der Waals surface area contributed by atoms with E-state index in [1.165, 1.54) is 10.5 Å². The van der Waals surface area contributed by atoms with Gasteiger partial charge in [-0.15, -0.1) is 11.8 Å². The van der Waals surface area contributed by atoms with Crippen LogP contribution < -0.4 is 0 Å². The molecule has 0 radical (unpaired) electrons. The second-order valence-corrected chi connectivity index (χ2v) is 8.99. The fourth-order valence-electron chi connectivity index (χ4n) is 3.36. The first kappa shape index (κ1) is 18.1. The molecule has 2 aromatic rings. The third kappa shape index (κ3) is 3.10. The molecule has 1 unspecified atom stereocenters. The maximum Gasteiger partial charge on any atom is 0.312 e. The maximum atomic E-state index is 12.9. The summed E-state index contributed by atoms with van der Waals surface area (Å²) >= 11 is 1.82. The highest BCUT2D eigenvalue weighted by atomic mass is 32.2. The van der Waals surface area contributed by atoms with Crippen molar-refractivity contribution in [2.24, 2.45) is 11.3 Å². The van der Waals surface area contributed by atoms with Gasteiger partial charge in [0.05, 0.1) is 5.41 Å². The maximum absolute atomic E-state index is 12.9. The molecule has 3 rings (SSSR count). The van der Waals surface area contributed by atoms with E-state index in [1.54, 1.807) is 0 Å². The molecule has 25 heavy (non-hydrogen) atoms. The van der Waals surface area contributed by atoms with Crippen molar-refractivity contribution in [1.82, 2.24) is 0 Å². The van der Waals surface area contributed by atoms with Gasteiger partial charge in [0.2, 0.25) is 0 Å². The van der Waals surface area contributed by atoms with Crippen LogP contribution in [0, 0.1) is 11.3 Å². The Bertz CT molecular complexity index is 739. The summed E-state index contributed by atoms with van der Waals surface area (Å²) in [6, 6.07) is 16.7. The molecule has 0 N–H and O–H groups in total. The minimum absolute atomic E-state index is 0.111. The van der Waals surface area contributed by atoms with Crippen LogP contribution in [0.4, 0.5) is 0 Å². The molecule has 0 fully saturated rings. The summed E-state index contributed by atoms with van der Waals surface area (Å²) in [5.41, 5.74) is 2.13. The predicted octanol–water partition coefficient (Wildman–Crippen LogP) is 5.78. The summed E-state index contributed by atoms with van der Waals surface area (Å²) in [5, 5.41) is 0. The van der Waals surface area contributed by atoms with E-state index in [2.05, 4.69) is 50.2 Å². The Morgan fingerprint density at radius 2 is 1.64 bits per heavy atom. The topological polar surface area (TPSA) is 26.3 Å². The Morgan fingerprint density at radius 1 is 1.04 bits per heavy atom. The van der Waals surface area contributed by atoms with Crippen LogP contribution in [-0.4, -0.2) is 5.97 Å². The van der Waals surface area contributed by atoms with E-state index in [0.29, 0.717) is 0 Å². The number of esters is 1. The molecule has 2 nitrogen and oxygen atoms in total. The summed E-state index contributed by atoms with van der Waals surface area (Å²) < 4.78 is 6.39. The van der Waals surface area contributed by atoms with Gasteiger partial charge >= 0.3 is 5.97 Å². The first-order chi connectivity index (χ1) is 11.8. The quantitative estimate of drug-likeness (QED) is 0.639. The van der Waals surface area contributed by atoms with Crippen molar-refractivity contribution < 1.29 is 9.53 Å². The standard InChI is InChI=1S/C22H26O2S/c1-15(2)22(24-20(23)21(3,4)5)17-11-7-6-10-16(17)14-25-19-13-9-8-12-18(19)22/h6-13,15H,14H2,1-5H3. The number of rotatable bonds is 2. The molecule has 1 aliphatic rings. The molecule has 1 atom stereocenters. The van der Waals surface area contributed by atoms with Crippen molar-refractivity contribution >= 4 is 17.7 Å². The van der Waals surface area contributed by atoms with Crippen LogP contribution in [0.15, 0.2) is 53.4 Å². The van der Waals surface area contributed by atoms with Gasteiger partial charge < -0.3 is 4.74 Å². The van der Waals surface area contributed by atoms with E-state index >= 15 is 0 Å². The van der Waals surface area contributed by atoms with Crippen molar-refractivity contribution in [3.63, 3.8) is 0 Å². The lowest BCUT2D eigenvalue weighted by molar-refractivity contribution is -0.171. The number of fused-ring (bicyclic) bond motifs is 2. The molecule has 0 aliphatic carbocycles. The second kappa shape index (κ2) is 6.53. The molecular weight excluding hydrogens is 328 g/mol. The molecule has 0 saturated carbocycles. The SMILES string of the molecule is CC(C)C1(OC(=O)C(C)(C)C)c2ccccc2CSc2ccccc21. The number of hydrogen-bond acceptors (Lipinski definition) is 3. The summed E-state index contributed by atoms with van der Waals surface area (Å²) in [7, 11) is 0. The van der Waals surface area contributed by atoms with Crippen LogP contribution in [0.1, 0.15) is 51.3 Å². The third-order valence-corrected chi connectivity index (χ3v) is 5.89. The highest BCUT2D eigenvalue weighted by Gasteiger charge is 2.47. The van der Waals surface area contributed by atoms with Gasteiger partial charge in [0.1, 0.15) is 0 Å². The zero-order chi connectivity index (χ0) is 18.2. The number of hydrogen-bond donors (Lipinski definition) is 0. The molecule has 0 bridgehead atoms. The predicted molar refractivity (Wildman–Crippen MR) is 104 cm³/mol. The Kier molecular flexibility index (Phi) is 4.72. The van der Waals surface area contributed by atoms with E-state index in [1.807, 2.05) is 44.7 Å². The normalized spacial score (nSPS) is 19.8. The molecule has 0 amide bonds. The van der Waals surface area contributed by atoms with Crippen molar-refractivity contribution in [3.05, 3.63) is 65.2 Å². The average molecular weight is 355 g/mol. The molecule has 1 aliphatic heterocycles. The largest absolute Gasteiger partial charge is 0.448 e. The van der Waals surface area contributed by atoms with E-state index in [4.69, 9.17) is 4.74 Å². The van der Waals surface area contributed by atoms with E-state index in [-0.39, 0.29) is 11.9 Å². The Hall–Kier alpha value is -1.74. The minimum atomic E-state index is -0.763. The third-order valence-electron chi connectivity index (χ3n) is 4.77. The lowest BCUT2D eigenvalue weighted by Crippen LogP contribution is -2.42. The van der Waals surface area contributed by atoms with E-state index < -0.39 is 11.0 Å². The molecule has 1 heterocycles. The summed E-state index contributed by atoms with van der Waals surface area (Å²) in [6.07, 6.45) is 0. The van der Waals surface area contributed by atoms with Gasteiger partial charge in [-0.1, -0.05) is 56.3 Å². The number of ether oxygens (including phenoxy) is 1. The van der Waals surface area contributed by atoms with Crippen LogP contribution >= 0.6 is 11.8 Å². The molecule has 0 aromatic heterocycles. The minimum Gasteiger partial charge on any atom is -0.448 e. The fourth-order valence-corrected chi connectivity index (χ4v) is 4.47. The summed E-state index contributed by atoms with van der Waals surface area (Å²) in [5.74, 6) is 0.826. The Balaban J connectivity index is 2.30. The highest BCUT2D eigenvalue weighted by molar-refractivity contribution is 7.98. The fraction of sp³-hybridized carbons (Fsp3) is 0.409. The van der Waals surface area contributed by atoms with Gasteiger partial charge in [0, 0.05) is 27.7 Å². The van der Waals surface area contributed by atoms with Gasteiger partial charge in [-0.05, 0) is 32.4 Å².